The van der Waals surface area contributed by atoms with Crippen LogP contribution in [-0.4, -0.2) is 37.1 Å². The summed E-state index contributed by atoms with van der Waals surface area (Å²) in [5.74, 6) is 0.895. The summed E-state index contributed by atoms with van der Waals surface area (Å²) in [5, 5.41) is 9.40. The number of amides is 1. The third-order valence-corrected chi connectivity index (χ3v) is 10.1. The molecule has 6 nitrogen and oxygen atoms in total. The summed E-state index contributed by atoms with van der Waals surface area (Å²) in [6, 6.07) is 7.20. The molecule has 0 radical (unpaired) electrons. The maximum atomic E-state index is 13.3. The van der Waals surface area contributed by atoms with Crippen LogP contribution in [0.1, 0.15) is 94.9 Å². The van der Waals surface area contributed by atoms with Gasteiger partial charge in [-0.25, -0.2) is 17.5 Å². The number of fused-ring (bicyclic) bond motifs is 1. The number of carboxylic acid groups (broad SMARTS) is 1. The number of sulfonamides is 1. The Labute approximate surface area is 259 Å². The molecule has 3 rings (SSSR count). The number of hydrogen-bond donors (Lipinski definition) is 1. The van der Waals surface area contributed by atoms with Crippen LogP contribution in [0.15, 0.2) is 64.1 Å². The Morgan fingerprint density at radius 2 is 1.56 bits per heavy atom. The maximum Gasteiger partial charge on any atom is 0.421 e. The fourth-order valence-corrected chi connectivity index (χ4v) is 6.80. The SMILES string of the molecule is CC(C)=CCCC(C)=CCCC(C)=CCCC1CCc2cc(-c3ccc(C)cc3S(=O)(=O)N(C)C(=O)O)c(C)c(C)c2O1. The number of carbonyl (C=O) groups is 1. The van der Waals surface area contributed by atoms with Crippen LogP contribution in [0.3, 0.4) is 0 Å². The highest BCUT2D eigenvalue weighted by molar-refractivity contribution is 7.89. The number of rotatable bonds is 12. The monoisotopic (exact) mass is 607 g/mol. The molecule has 1 aliphatic rings. The highest BCUT2D eigenvalue weighted by Gasteiger charge is 2.30. The first kappa shape index (κ1) is 34.2. The fourth-order valence-electron chi connectivity index (χ4n) is 5.51. The lowest BCUT2D eigenvalue weighted by molar-refractivity contribution is 0.163. The molecular formula is C36H49NO5S. The molecule has 0 fully saturated rings. The second-order valence-electron chi connectivity index (χ2n) is 12.2. The summed E-state index contributed by atoms with van der Waals surface area (Å²) in [4.78, 5) is 11.5. The van der Waals surface area contributed by atoms with Gasteiger partial charge in [0.1, 0.15) is 5.75 Å². The Balaban J connectivity index is 1.71. The lowest BCUT2D eigenvalue weighted by Gasteiger charge is -2.29. The van der Waals surface area contributed by atoms with E-state index in [9.17, 15) is 18.3 Å². The van der Waals surface area contributed by atoms with Crippen LogP contribution in [0, 0.1) is 20.8 Å². The van der Waals surface area contributed by atoms with Gasteiger partial charge in [0, 0.05) is 12.6 Å². The lowest BCUT2D eigenvalue weighted by Crippen LogP contribution is -2.32. The van der Waals surface area contributed by atoms with Gasteiger partial charge < -0.3 is 9.84 Å². The normalized spacial score (nSPS) is 15.5. The number of aryl methyl sites for hydroxylation is 2. The van der Waals surface area contributed by atoms with E-state index in [1.165, 1.54) is 16.7 Å². The molecule has 234 valence electrons. The van der Waals surface area contributed by atoms with Gasteiger partial charge in [0.25, 0.3) is 10.0 Å². The molecule has 1 heterocycles. The van der Waals surface area contributed by atoms with Gasteiger partial charge in [0.05, 0.1) is 11.0 Å². The Morgan fingerprint density at radius 1 is 0.930 bits per heavy atom. The van der Waals surface area contributed by atoms with Crippen molar-refractivity contribution >= 4 is 16.1 Å². The average molecular weight is 608 g/mol. The van der Waals surface area contributed by atoms with Gasteiger partial charge >= 0.3 is 6.09 Å². The Bertz CT molecular complexity index is 1530. The van der Waals surface area contributed by atoms with Crippen molar-refractivity contribution in [3.05, 3.63) is 81.5 Å². The molecule has 7 heteroatoms. The smallest absolute Gasteiger partial charge is 0.421 e. The molecule has 0 saturated carbocycles. The number of ether oxygens (including phenoxy) is 1. The molecule has 2 aromatic rings. The van der Waals surface area contributed by atoms with Crippen LogP contribution < -0.4 is 4.74 Å². The number of allylic oxidation sites excluding steroid dienone is 6. The minimum absolute atomic E-state index is 0.00834. The molecule has 2 aromatic carbocycles. The van der Waals surface area contributed by atoms with E-state index in [-0.39, 0.29) is 11.0 Å². The first-order valence-corrected chi connectivity index (χ1v) is 16.7. The first-order valence-electron chi connectivity index (χ1n) is 15.3. The summed E-state index contributed by atoms with van der Waals surface area (Å²) < 4.78 is 33.4. The zero-order valence-electron chi connectivity index (χ0n) is 27.2. The second-order valence-corrected chi connectivity index (χ2v) is 14.2. The quantitative estimate of drug-likeness (QED) is 0.243. The van der Waals surface area contributed by atoms with Crippen molar-refractivity contribution in [2.75, 3.05) is 7.05 Å². The molecule has 0 aliphatic carbocycles. The van der Waals surface area contributed by atoms with Crippen LogP contribution in [-0.2, 0) is 16.4 Å². The molecule has 1 aliphatic heterocycles. The Morgan fingerprint density at radius 3 is 2.19 bits per heavy atom. The van der Waals surface area contributed by atoms with Crippen molar-refractivity contribution in [1.29, 1.82) is 0 Å². The van der Waals surface area contributed by atoms with Crippen LogP contribution in [0.2, 0.25) is 0 Å². The van der Waals surface area contributed by atoms with Crippen molar-refractivity contribution in [2.45, 2.75) is 111 Å². The van der Waals surface area contributed by atoms with Gasteiger partial charge in [-0.15, -0.1) is 0 Å². The number of hydrogen-bond acceptors (Lipinski definition) is 4. The molecule has 1 N–H and O–H groups in total. The van der Waals surface area contributed by atoms with Crippen molar-refractivity contribution in [2.24, 2.45) is 0 Å². The van der Waals surface area contributed by atoms with E-state index >= 15 is 0 Å². The van der Waals surface area contributed by atoms with E-state index < -0.39 is 16.1 Å². The third kappa shape index (κ3) is 8.85. The molecular weight excluding hydrogens is 558 g/mol. The summed E-state index contributed by atoms with van der Waals surface area (Å²) in [6.45, 7) is 14.5. The van der Waals surface area contributed by atoms with Gasteiger partial charge in [-0.1, -0.05) is 47.1 Å². The lowest BCUT2D eigenvalue weighted by atomic mass is 9.89. The number of nitrogens with zero attached hydrogens (tertiary/aromatic N) is 1. The van der Waals surface area contributed by atoms with Crippen molar-refractivity contribution in [3.8, 4) is 16.9 Å². The minimum Gasteiger partial charge on any atom is -0.490 e. The van der Waals surface area contributed by atoms with Gasteiger partial charge in [0.15, 0.2) is 0 Å². The summed E-state index contributed by atoms with van der Waals surface area (Å²) in [7, 11) is -3.18. The average Bonchev–Trinajstić information content (AvgIpc) is 2.94. The van der Waals surface area contributed by atoms with Gasteiger partial charge in [-0.3, -0.25) is 0 Å². The second kappa shape index (κ2) is 14.9. The molecule has 1 amide bonds. The molecule has 0 spiro atoms. The van der Waals surface area contributed by atoms with E-state index in [1.54, 1.807) is 19.1 Å². The van der Waals surface area contributed by atoms with Crippen LogP contribution in [0.5, 0.6) is 5.75 Å². The zero-order chi connectivity index (χ0) is 31.9. The van der Waals surface area contributed by atoms with Crippen molar-refractivity contribution in [1.82, 2.24) is 4.31 Å². The standard InChI is InChI=1S/C36H49NO5S/c1-24(2)12-9-13-25(3)14-10-15-26(4)16-11-17-31-20-19-30-23-33(28(6)29(7)35(30)42-31)32-21-18-27(5)22-34(32)43(40,41)37(8)36(38)39/h12,14,16,18,21-23,31H,9-11,13,15,17,19-20H2,1-8H3,(H,38,39). The molecule has 0 saturated heterocycles. The van der Waals surface area contributed by atoms with Gasteiger partial charge in [-0.05, 0) is 140 Å². The highest BCUT2D eigenvalue weighted by atomic mass is 32.2. The maximum absolute atomic E-state index is 13.3. The van der Waals surface area contributed by atoms with E-state index in [0.717, 1.165) is 92.0 Å². The molecule has 0 bridgehead atoms. The van der Waals surface area contributed by atoms with Crippen LogP contribution in [0.25, 0.3) is 11.1 Å². The predicted octanol–water partition coefficient (Wildman–Crippen LogP) is 9.47. The Hall–Kier alpha value is -3.32. The molecule has 1 unspecified atom stereocenters. The first-order chi connectivity index (χ1) is 20.2. The number of benzene rings is 2. The largest absolute Gasteiger partial charge is 0.490 e. The highest BCUT2D eigenvalue weighted by Crippen LogP contribution is 2.41. The van der Waals surface area contributed by atoms with Crippen LogP contribution in [0.4, 0.5) is 4.79 Å². The van der Waals surface area contributed by atoms with E-state index in [4.69, 9.17) is 4.74 Å². The van der Waals surface area contributed by atoms with Crippen LogP contribution >= 0.6 is 0 Å². The minimum atomic E-state index is -4.24. The summed E-state index contributed by atoms with van der Waals surface area (Å²) >= 11 is 0. The third-order valence-electron chi connectivity index (χ3n) is 8.38. The molecule has 0 aromatic heterocycles. The van der Waals surface area contributed by atoms with Gasteiger partial charge in [-0.2, -0.15) is 0 Å². The summed E-state index contributed by atoms with van der Waals surface area (Å²) in [5.41, 5.74) is 9.26. The van der Waals surface area contributed by atoms with Crippen molar-refractivity contribution < 1.29 is 23.1 Å². The van der Waals surface area contributed by atoms with E-state index in [1.807, 2.05) is 26.0 Å². The van der Waals surface area contributed by atoms with E-state index in [0.29, 0.717) is 9.87 Å². The molecule has 1 atom stereocenters. The predicted molar refractivity (Wildman–Crippen MR) is 176 cm³/mol. The molecule has 43 heavy (non-hydrogen) atoms. The van der Waals surface area contributed by atoms with E-state index in [2.05, 4.69) is 45.9 Å². The van der Waals surface area contributed by atoms with Gasteiger partial charge in [0.2, 0.25) is 0 Å². The zero-order valence-corrected chi connectivity index (χ0v) is 28.0. The topological polar surface area (TPSA) is 83.9 Å². The summed E-state index contributed by atoms with van der Waals surface area (Å²) in [6.07, 6.45) is 13.7. The Kier molecular flexibility index (Phi) is 11.9. The van der Waals surface area contributed by atoms with Crippen molar-refractivity contribution in [3.63, 3.8) is 0 Å². The fraction of sp³-hybridized carbons (Fsp3) is 0.472.